The first-order chi connectivity index (χ1) is 8.81. The van der Waals surface area contributed by atoms with Gasteiger partial charge in [-0.2, -0.15) is 13.2 Å². The van der Waals surface area contributed by atoms with Crippen LogP contribution in [0.2, 0.25) is 5.02 Å². The Morgan fingerprint density at radius 3 is 2.60 bits per heavy atom. The van der Waals surface area contributed by atoms with E-state index >= 15 is 0 Å². The summed E-state index contributed by atoms with van der Waals surface area (Å²) in [5, 5.41) is 2.61. The lowest BCUT2D eigenvalue weighted by Crippen LogP contribution is -2.21. The average Bonchev–Trinajstić information content (AvgIpc) is 2.29. The molecule has 0 aliphatic heterocycles. The molecule has 0 aliphatic rings. The van der Waals surface area contributed by atoms with Gasteiger partial charge in [0.25, 0.3) is 0 Å². The van der Waals surface area contributed by atoms with Crippen molar-refractivity contribution >= 4 is 35.6 Å². The molecule has 20 heavy (non-hydrogen) atoms. The monoisotopic (exact) mass is 332 g/mol. The van der Waals surface area contributed by atoms with Crippen molar-refractivity contribution in [3.63, 3.8) is 0 Å². The maximum Gasteiger partial charge on any atom is 0.422 e. The predicted octanol–water partition coefficient (Wildman–Crippen LogP) is 2.99. The van der Waals surface area contributed by atoms with Crippen LogP contribution in [0.4, 0.5) is 18.9 Å². The van der Waals surface area contributed by atoms with Crippen LogP contribution in [0.15, 0.2) is 18.2 Å². The molecule has 1 amide bonds. The van der Waals surface area contributed by atoms with Gasteiger partial charge < -0.3 is 15.8 Å². The summed E-state index contributed by atoms with van der Waals surface area (Å²) in [5.74, 6) is -0.558. The second-order valence-electron chi connectivity index (χ2n) is 3.63. The Morgan fingerprint density at radius 1 is 1.40 bits per heavy atom. The van der Waals surface area contributed by atoms with Gasteiger partial charge in [0, 0.05) is 24.1 Å². The first kappa shape index (κ1) is 18.8. The van der Waals surface area contributed by atoms with E-state index in [9.17, 15) is 18.0 Å². The van der Waals surface area contributed by atoms with E-state index in [-0.39, 0.29) is 41.8 Å². The lowest BCUT2D eigenvalue weighted by atomic mass is 10.2. The molecule has 9 heteroatoms. The van der Waals surface area contributed by atoms with Gasteiger partial charge in [0.15, 0.2) is 6.61 Å². The van der Waals surface area contributed by atoms with E-state index in [2.05, 4.69) is 10.1 Å². The number of alkyl halides is 3. The third-order valence-corrected chi connectivity index (χ3v) is 2.22. The SMILES string of the molecule is Cl.NCCC(=O)Nc1ccc(Cl)cc1OCC(F)(F)F. The second kappa shape index (κ2) is 8.18. The summed E-state index contributed by atoms with van der Waals surface area (Å²) in [6.07, 6.45) is -4.41. The lowest BCUT2D eigenvalue weighted by Gasteiger charge is -2.14. The molecule has 0 heterocycles. The summed E-state index contributed by atoms with van der Waals surface area (Å²) in [6.45, 7) is -1.33. The number of carbonyl (C=O) groups is 1. The molecule has 0 aromatic heterocycles. The molecule has 0 radical (unpaired) electrons. The smallest absolute Gasteiger partial charge is 0.422 e. The highest BCUT2D eigenvalue weighted by Crippen LogP contribution is 2.29. The molecule has 1 aromatic carbocycles. The molecule has 1 rings (SSSR count). The van der Waals surface area contributed by atoms with Crippen LogP contribution in [0.5, 0.6) is 5.75 Å². The summed E-state index contributed by atoms with van der Waals surface area (Å²) in [6, 6.07) is 3.99. The molecule has 4 nitrogen and oxygen atoms in total. The third-order valence-electron chi connectivity index (χ3n) is 1.98. The topological polar surface area (TPSA) is 64.4 Å². The van der Waals surface area contributed by atoms with Crippen LogP contribution >= 0.6 is 24.0 Å². The minimum Gasteiger partial charge on any atom is -0.482 e. The second-order valence-corrected chi connectivity index (χ2v) is 4.07. The molecule has 0 spiro atoms. The molecule has 0 saturated carbocycles. The largest absolute Gasteiger partial charge is 0.482 e. The van der Waals surface area contributed by atoms with Gasteiger partial charge >= 0.3 is 6.18 Å². The highest BCUT2D eigenvalue weighted by molar-refractivity contribution is 6.30. The highest BCUT2D eigenvalue weighted by atomic mass is 35.5. The third kappa shape index (κ3) is 6.83. The summed E-state index contributed by atoms with van der Waals surface area (Å²) >= 11 is 5.67. The van der Waals surface area contributed by atoms with Gasteiger partial charge in [-0.05, 0) is 12.1 Å². The fourth-order valence-electron chi connectivity index (χ4n) is 1.22. The number of hydrogen-bond donors (Lipinski definition) is 2. The van der Waals surface area contributed by atoms with E-state index in [4.69, 9.17) is 17.3 Å². The van der Waals surface area contributed by atoms with Crippen molar-refractivity contribution in [2.24, 2.45) is 5.73 Å². The van der Waals surface area contributed by atoms with E-state index in [1.165, 1.54) is 18.2 Å². The Kier molecular flexibility index (Phi) is 7.70. The molecule has 0 bridgehead atoms. The summed E-state index contributed by atoms with van der Waals surface area (Å²) in [4.78, 5) is 11.3. The van der Waals surface area contributed by atoms with Crippen LogP contribution in [0.1, 0.15) is 6.42 Å². The molecule has 0 saturated heterocycles. The maximum atomic E-state index is 12.1. The first-order valence-electron chi connectivity index (χ1n) is 5.31. The number of nitrogens with two attached hydrogens (primary N) is 1. The maximum absolute atomic E-state index is 12.1. The van der Waals surface area contributed by atoms with Crippen molar-refractivity contribution in [3.8, 4) is 5.75 Å². The average molecular weight is 333 g/mol. The number of amides is 1. The molecule has 0 atom stereocenters. The molecule has 0 fully saturated rings. The van der Waals surface area contributed by atoms with Gasteiger partial charge in [-0.3, -0.25) is 4.79 Å². The standard InChI is InChI=1S/C11H12ClF3N2O2.ClH/c12-7-1-2-8(17-10(18)3-4-16)9(5-7)19-6-11(13,14)15;/h1-2,5H,3-4,6,16H2,(H,17,18);1H. The first-order valence-corrected chi connectivity index (χ1v) is 5.68. The number of ether oxygens (including phenoxy) is 1. The van der Waals surface area contributed by atoms with Gasteiger partial charge in [0.1, 0.15) is 5.75 Å². The number of carbonyl (C=O) groups excluding carboxylic acids is 1. The van der Waals surface area contributed by atoms with Crippen LogP contribution < -0.4 is 15.8 Å². The summed E-state index contributed by atoms with van der Waals surface area (Å²) in [5.41, 5.74) is 5.32. The van der Waals surface area contributed by atoms with E-state index in [0.717, 1.165) is 0 Å². The zero-order chi connectivity index (χ0) is 14.5. The minimum absolute atomic E-state index is 0. The lowest BCUT2D eigenvalue weighted by molar-refractivity contribution is -0.153. The van der Waals surface area contributed by atoms with E-state index in [1.807, 2.05) is 0 Å². The molecule has 114 valence electrons. The predicted molar refractivity (Wildman–Crippen MR) is 72.6 cm³/mol. The molecule has 0 aliphatic carbocycles. The van der Waals surface area contributed by atoms with Gasteiger partial charge in [-0.25, -0.2) is 0 Å². The number of rotatable bonds is 5. The quantitative estimate of drug-likeness (QED) is 0.871. The highest BCUT2D eigenvalue weighted by Gasteiger charge is 2.29. The zero-order valence-corrected chi connectivity index (χ0v) is 11.7. The van der Waals surface area contributed by atoms with Gasteiger partial charge in [-0.1, -0.05) is 11.6 Å². The van der Waals surface area contributed by atoms with Gasteiger partial charge in [0.2, 0.25) is 5.91 Å². The van der Waals surface area contributed by atoms with Gasteiger partial charge in [0.05, 0.1) is 5.69 Å². The zero-order valence-electron chi connectivity index (χ0n) is 10.2. The van der Waals surface area contributed by atoms with Crippen molar-refractivity contribution in [2.45, 2.75) is 12.6 Å². The number of halogens is 5. The Labute approximate surface area is 124 Å². The molecule has 0 unspecified atom stereocenters. The Hall–Kier alpha value is -1.18. The van der Waals surface area contributed by atoms with E-state index in [0.29, 0.717) is 0 Å². The Balaban J connectivity index is 0.00000361. The van der Waals surface area contributed by atoms with E-state index < -0.39 is 18.7 Å². The fourth-order valence-corrected chi connectivity index (χ4v) is 1.38. The van der Waals surface area contributed by atoms with Crippen molar-refractivity contribution < 1.29 is 22.7 Å². The van der Waals surface area contributed by atoms with Crippen molar-refractivity contribution in [1.82, 2.24) is 0 Å². The van der Waals surface area contributed by atoms with E-state index in [1.54, 1.807) is 0 Å². The number of hydrogen-bond acceptors (Lipinski definition) is 3. The van der Waals surface area contributed by atoms with Crippen LogP contribution in [0.3, 0.4) is 0 Å². The van der Waals surface area contributed by atoms with Crippen LogP contribution in [-0.4, -0.2) is 25.2 Å². The fraction of sp³-hybridized carbons (Fsp3) is 0.364. The molecular weight excluding hydrogens is 320 g/mol. The summed E-state index contributed by atoms with van der Waals surface area (Å²) in [7, 11) is 0. The Bertz CT molecular complexity index is 456. The Morgan fingerprint density at radius 2 is 2.05 bits per heavy atom. The van der Waals surface area contributed by atoms with Crippen molar-refractivity contribution in [2.75, 3.05) is 18.5 Å². The number of anilines is 1. The van der Waals surface area contributed by atoms with Crippen LogP contribution in [0.25, 0.3) is 0 Å². The van der Waals surface area contributed by atoms with Crippen LogP contribution in [0, 0.1) is 0 Å². The number of benzene rings is 1. The molecule has 1 aromatic rings. The van der Waals surface area contributed by atoms with Crippen molar-refractivity contribution in [3.05, 3.63) is 23.2 Å². The summed E-state index contributed by atoms with van der Waals surface area (Å²) < 4.78 is 40.9. The normalized spacial score (nSPS) is 10.7. The number of nitrogens with one attached hydrogen (secondary N) is 1. The molecule has 3 N–H and O–H groups in total. The minimum atomic E-state index is -4.47. The molecular formula is C11H13Cl2F3N2O2. The van der Waals surface area contributed by atoms with Gasteiger partial charge in [-0.15, -0.1) is 12.4 Å². The van der Waals surface area contributed by atoms with Crippen molar-refractivity contribution in [1.29, 1.82) is 0 Å². The van der Waals surface area contributed by atoms with Crippen LogP contribution in [-0.2, 0) is 4.79 Å².